The van der Waals surface area contributed by atoms with Crippen molar-refractivity contribution in [2.45, 2.75) is 25.4 Å². The Labute approximate surface area is 98.9 Å². The molecule has 2 rings (SSSR count). The Bertz CT molecular complexity index is 391. The van der Waals surface area contributed by atoms with Crippen LogP contribution in [0, 0.1) is 11.8 Å². The van der Waals surface area contributed by atoms with Crippen molar-refractivity contribution in [3.05, 3.63) is 0 Å². The fraction of sp³-hybridized carbons (Fsp3) is 0.727. The first kappa shape index (κ1) is 11.9. The highest BCUT2D eigenvalue weighted by molar-refractivity contribution is 5.98. The first-order chi connectivity index (χ1) is 8.07. The number of carbonyl (C=O) groups excluding carboxylic acids is 2. The lowest BCUT2D eigenvalue weighted by Crippen LogP contribution is -2.51. The maximum Gasteiger partial charge on any atom is 0.354 e. The molecule has 0 aromatic rings. The number of carbonyl (C=O) groups is 2. The first-order valence-electron chi connectivity index (χ1n) is 5.46. The molecule has 0 saturated heterocycles. The Hall–Kier alpha value is -1.59. The standard InChI is InChI=1S/C11H15NO5/c1-6-7-4-5-8(9(13)15-2)11(7,17-12-6)10(14)16-3/h7-8H,4-5H2,1-3H3. The van der Waals surface area contributed by atoms with Crippen LogP contribution in [0.5, 0.6) is 0 Å². The van der Waals surface area contributed by atoms with E-state index in [0.717, 1.165) is 5.71 Å². The van der Waals surface area contributed by atoms with Gasteiger partial charge in [-0.3, -0.25) is 4.79 Å². The molecular weight excluding hydrogens is 226 g/mol. The minimum Gasteiger partial charge on any atom is -0.469 e. The molecule has 0 N–H and O–H groups in total. The SMILES string of the molecule is COC(=O)C1CCC2C(C)=NOC12C(=O)OC. The molecule has 6 nitrogen and oxygen atoms in total. The van der Waals surface area contributed by atoms with Crippen molar-refractivity contribution in [1.29, 1.82) is 0 Å². The monoisotopic (exact) mass is 241 g/mol. The maximum absolute atomic E-state index is 12.0. The van der Waals surface area contributed by atoms with Crippen LogP contribution in [0.3, 0.4) is 0 Å². The zero-order valence-corrected chi connectivity index (χ0v) is 10.1. The average molecular weight is 241 g/mol. The van der Waals surface area contributed by atoms with E-state index in [-0.39, 0.29) is 5.92 Å². The van der Waals surface area contributed by atoms with Crippen LogP contribution >= 0.6 is 0 Å². The molecule has 1 heterocycles. The highest BCUT2D eigenvalue weighted by Gasteiger charge is 2.66. The van der Waals surface area contributed by atoms with E-state index in [2.05, 4.69) is 5.16 Å². The minimum atomic E-state index is -1.31. The van der Waals surface area contributed by atoms with Gasteiger partial charge in [0.25, 0.3) is 5.60 Å². The molecule has 2 aliphatic rings. The van der Waals surface area contributed by atoms with Gasteiger partial charge in [0.15, 0.2) is 0 Å². The lowest BCUT2D eigenvalue weighted by Gasteiger charge is -2.28. The second kappa shape index (κ2) is 4.01. The van der Waals surface area contributed by atoms with Crippen LogP contribution in [-0.4, -0.2) is 37.5 Å². The summed E-state index contributed by atoms with van der Waals surface area (Å²) >= 11 is 0. The molecule has 1 aliphatic heterocycles. The molecular formula is C11H15NO5. The van der Waals surface area contributed by atoms with E-state index >= 15 is 0 Å². The lowest BCUT2D eigenvalue weighted by molar-refractivity contribution is -0.183. The number of hydrogen-bond donors (Lipinski definition) is 0. The summed E-state index contributed by atoms with van der Waals surface area (Å²) < 4.78 is 9.49. The quantitative estimate of drug-likeness (QED) is 0.658. The Kier molecular flexibility index (Phi) is 2.81. The third-order valence-corrected chi connectivity index (χ3v) is 3.61. The largest absolute Gasteiger partial charge is 0.469 e. The van der Waals surface area contributed by atoms with Crippen LogP contribution in [0.25, 0.3) is 0 Å². The molecule has 1 fully saturated rings. The van der Waals surface area contributed by atoms with Gasteiger partial charge in [-0.05, 0) is 19.8 Å². The summed E-state index contributed by atoms with van der Waals surface area (Å²) in [5, 5.41) is 3.84. The predicted octanol–water partition coefficient (Wildman–Crippen LogP) is 0.503. The van der Waals surface area contributed by atoms with Crippen molar-refractivity contribution in [3.63, 3.8) is 0 Å². The Morgan fingerprint density at radius 1 is 1.35 bits per heavy atom. The number of rotatable bonds is 2. The van der Waals surface area contributed by atoms with Gasteiger partial charge < -0.3 is 14.3 Å². The summed E-state index contributed by atoms with van der Waals surface area (Å²) in [5.74, 6) is -1.86. The molecule has 0 aromatic carbocycles. The van der Waals surface area contributed by atoms with Crippen LogP contribution in [0.4, 0.5) is 0 Å². The van der Waals surface area contributed by atoms with E-state index in [4.69, 9.17) is 14.3 Å². The van der Waals surface area contributed by atoms with Crippen LogP contribution in [-0.2, 0) is 23.9 Å². The highest BCUT2D eigenvalue weighted by atomic mass is 16.7. The van der Waals surface area contributed by atoms with Gasteiger partial charge in [-0.25, -0.2) is 4.79 Å². The number of hydrogen-bond acceptors (Lipinski definition) is 6. The third kappa shape index (κ3) is 1.43. The Morgan fingerprint density at radius 3 is 2.65 bits per heavy atom. The second-order valence-corrected chi connectivity index (χ2v) is 4.31. The number of methoxy groups -OCH3 is 2. The van der Waals surface area contributed by atoms with Crippen LogP contribution < -0.4 is 0 Å². The zero-order valence-electron chi connectivity index (χ0n) is 10.1. The summed E-state index contributed by atoms with van der Waals surface area (Å²) in [6.45, 7) is 1.79. The number of esters is 2. The molecule has 1 saturated carbocycles. The van der Waals surface area contributed by atoms with Crippen LogP contribution in [0.15, 0.2) is 5.16 Å². The summed E-state index contributed by atoms with van der Waals surface area (Å²) in [6, 6.07) is 0. The normalized spacial score (nSPS) is 34.6. The van der Waals surface area contributed by atoms with Gasteiger partial charge in [0.1, 0.15) is 5.92 Å². The number of oxime groups is 1. The van der Waals surface area contributed by atoms with E-state index in [1.54, 1.807) is 6.92 Å². The van der Waals surface area contributed by atoms with Crippen LogP contribution in [0.2, 0.25) is 0 Å². The highest BCUT2D eigenvalue weighted by Crippen LogP contribution is 2.48. The third-order valence-electron chi connectivity index (χ3n) is 3.61. The Morgan fingerprint density at radius 2 is 2.06 bits per heavy atom. The summed E-state index contributed by atoms with van der Waals surface area (Å²) in [6.07, 6.45) is 1.21. The van der Waals surface area contributed by atoms with Crippen molar-refractivity contribution in [2.75, 3.05) is 14.2 Å². The molecule has 17 heavy (non-hydrogen) atoms. The van der Waals surface area contributed by atoms with Gasteiger partial charge in [0, 0.05) is 0 Å². The number of fused-ring (bicyclic) bond motifs is 1. The summed E-state index contributed by atoms with van der Waals surface area (Å²) in [4.78, 5) is 29.0. The summed E-state index contributed by atoms with van der Waals surface area (Å²) in [5.41, 5.74) is -0.590. The number of ether oxygens (including phenoxy) is 2. The van der Waals surface area contributed by atoms with E-state index in [1.807, 2.05) is 0 Å². The van der Waals surface area contributed by atoms with E-state index in [9.17, 15) is 9.59 Å². The zero-order chi connectivity index (χ0) is 12.6. The van der Waals surface area contributed by atoms with Gasteiger partial charge in [0.05, 0.1) is 25.8 Å². The maximum atomic E-state index is 12.0. The Balaban J connectivity index is 2.39. The molecule has 0 aromatic heterocycles. The van der Waals surface area contributed by atoms with Gasteiger partial charge in [-0.2, -0.15) is 0 Å². The molecule has 1 aliphatic carbocycles. The molecule has 0 amide bonds. The molecule has 94 valence electrons. The molecule has 0 bridgehead atoms. The van der Waals surface area contributed by atoms with Gasteiger partial charge in [-0.1, -0.05) is 5.16 Å². The van der Waals surface area contributed by atoms with Crippen molar-refractivity contribution in [3.8, 4) is 0 Å². The molecule has 3 unspecified atom stereocenters. The molecule has 6 heteroatoms. The smallest absolute Gasteiger partial charge is 0.354 e. The van der Waals surface area contributed by atoms with Crippen molar-refractivity contribution < 1.29 is 23.9 Å². The van der Waals surface area contributed by atoms with Gasteiger partial charge >= 0.3 is 11.9 Å². The summed E-state index contributed by atoms with van der Waals surface area (Å²) in [7, 11) is 2.57. The van der Waals surface area contributed by atoms with E-state index in [1.165, 1.54) is 14.2 Å². The predicted molar refractivity (Wildman–Crippen MR) is 57.2 cm³/mol. The molecule has 0 radical (unpaired) electrons. The molecule has 3 atom stereocenters. The van der Waals surface area contributed by atoms with Crippen molar-refractivity contribution in [2.24, 2.45) is 17.0 Å². The fourth-order valence-electron chi connectivity index (χ4n) is 2.78. The van der Waals surface area contributed by atoms with E-state index in [0.29, 0.717) is 12.8 Å². The first-order valence-corrected chi connectivity index (χ1v) is 5.46. The minimum absolute atomic E-state index is 0.195. The average Bonchev–Trinajstić information content (AvgIpc) is 2.87. The molecule has 0 spiro atoms. The fourth-order valence-corrected chi connectivity index (χ4v) is 2.78. The van der Waals surface area contributed by atoms with Gasteiger partial charge in [0.2, 0.25) is 0 Å². The van der Waals surface area contributed by atoms with E-state index < -0.39 is 23.5 Å². The van der Waals surface area contributed by atoms with Crippen molar-refractivity contribution in [1.82, 2.24) is 0 Å². The van der Waals surface area contributed by atoms with Crippen molar-refractivity contribution >= 4 is 17.7 Å². The lowest BCUT2D eigenvalue weighted by atomic mass is 9.82. The van der Waals surface area contributed by atoms with Gasteiger partial charge in [-0.15, -0.1) is 0 Å². The van der Waals surface area contributed by atoms with Crippen LogP contribution in [0.1, 0.15) is 19.8 Å². The topological polar surface area (TPSA) is 74.2 Å². The number of nitrogens with zero attached hydrogens (tertiary/aromatic N) is 1. The second-order valence-electron chi connectivity index (χ2n) is 4.31.